The molecule has 3 heteroatoms. The van der Waals surface area contributed by atoms with Crippen LogP contribution in [0.1, 0.15) is 57.1 Å². The molecule has 0 atom stereocenters. The lowest BCUT2D eigenvalue weighted by molar-refractivity contribution is 0.553. The van der Waals surface area contributed by atoms with Gasteiger partial charge in [0, 0.05) is 16.8 Å². The molecule has 0 saturated heterocycles. The lowest BCUT2D eigenvalue weighted by Crippen LogP contribution is -2.18. The lowest BCUT2D eigenvalue weighted by Gasteiger charge is -2.13. The fourth-order valence-electron chi connectivity index (χ4n) is 1.59. The molecular weight excluding hydrogens is 228 g/mol. The smallest absolute Gasteiger partial charge is 0.0985 e. The molecule has 0 radical (unpaired) electrons. The molecule has 0 unspecified atom stereocenters. The summed E-state index contributed by atoms with van der Waals surface area (Å²) in [4.78, 5) is 6.19. The Hall–Kier alpha value is -0.410. The molecule has 0 aliphatic heterocycles. The van der Waals surface area contributed by atoms with Gasteiger partial charge in [-0.05, 0) is 18.9 Å². The minimum absolute atomic E-state index is 0.172. The summed E-state index contributed by atoms with van der Waals surface area (Å²) in [6.07, 6.45) is 1.03. The average Bonchev–Trinajstić information content (AvgIpc) is 2.60. The van der Waals surface area contributed by atoms with Gasteiger partial charge in [0.2, 0.25) is 0 Å². The second-order valence-corrected chi connectivity index (χ2v) is 7.10. The molecule has 1 rings (SSSR count). The number of nitrogens with one attached hydrogen (secondary N) is 1. The zero-order valence-corrected chi connectivity index (χ0v) is 12.9. The van der Waals surface area contributed by atoms with Crippen LogP contribution in [0.3, 0.4) is 0 Å². The molecule has 0 bridgehead atoms. The van der Waals surface area contributed by atoms with Crippen LogP contribution in [-0.4, -0.2) is 11.5 Å². The summed E-state index contributed by atoms with van der Waals surface area (Å²) in [5.41, 5.74) is 1.45. The van der Waals surface area contributed by atoms with Crippen LogP contribution < -0.4 is 5.32 Å². The highest BCUT2D eigenvalue weighted by molar-refractivity contribution is 7.11. The molecule has 1 aromatic heterocycles. The standard InChI is InChI=1S/C14H26N2S/c1-7-11-12(9-15-8-10(2)3)17-13(16-11)14(4,5)6/h10,15H,7-9H2,1-6H3. The molecule has 0 aliphatic rings. The van der Waals surface area contributed by atoms with Gasteiger partial charge in [-0.1, -0.05) is 41.5 Å². The van der Waals surface area contributed by atoms with Gasteiger partial charge >= 0.3 is 0 Å². The first-order chi connectivity index (χ1) is 7.84. The fraction of sp³-hybridized carbons (Fsp3) is 0.786. The van der Waals surface area contributed by atoms with E-state index in [9.17, 15) is 0 Å². The molecule has 1 N–H and O–H groups in total. The second kappa shape index (κ2) is 5.96. The van der Waals surface area contributed by atoms with Gasteiger partial charge in [0.1, 0.15) is 0 Å². The quantitative estimate of drug-likeness (QED) is 0.865. The van der Waals surface area contributed by atoms with Crippen LogP contribution in [0.4, 0.5) is 0 Å². The van der Waals surface area contributed by atoms with Crippen LogP contribution in [0.5, 0.6) is 0 Å². The van der Waals surface area contributed by atoms with Crippen LogP contribution in [0, 0.1) is 5.92 Å². The van der Waals surface area contributed by atoms with Gasteiger partial charge in [-0.25, -0.2) is 4.98 Å². The third-order valence-corrected chi connectivity index (χ3v) is 4.12. The molecule has 0 aromatic carbocycles. The monoisotopic (exact) mass is 254 g/mol. The van der Waals surface area contributed by atoms with Crippen LogP contribution >= 0.6 is 11.3 Å². The van der Waals surface area contributed by atoms with Crippen LogP contribution in [0.25, 0.3) is 0 Å². The highest BCUT2D eigenvalue weighted by atomic mass is 32.1. The molecule has 98 valence electrons. The topological polar surface area (TPSA) is 24.9 Å². The van der Waals surface area contributed by atoms with E-state index in [0.29, 0.717) is 5.92 Å². The normalized spacial score (nSPS) is 12.4. The maximum Gasteiger partial charge on any atom is 0.0985 e. The van der Waals surface area contributed by atoms with Crippen molar-refractivity contribution in [2.24, 2.45) is 5.92 Å². The first-order valence-electron chi connectivity index (χ1n) is 6.54. The maximum absolute atomic E-state index is 4.78. The van der Waals surface area contributed by atoms with Crippen LogP contribution in [0.15, 0.2) is 0 Å². The van der Waals surface area contributed by atoms with Gasteiger partial charge in [0.15, 0.2) is 0 Å². The van der Waals surface area contributed by atoms with E-state index in [-0.39, 0.29) is 5.41 Å². The van der Waals surface area contributed by atoms with Gasteiger partial charge in [-0.15, -0.1) is 11.3 Å². The summed E-state index contributed by atoms with van der Waals surface area (Å²) in [5.74, 6) is 0.704. The number of rotatable bonds is 5. The zero-order valence-electron chi connectivity index (χ0n) is 12.1. The van der Waals surface area contributed by atoms with Crippen molar-refractivity contribution in [2.45, 2.75) is 59.9 Å². The zero-order chi connectivity index (χ0) is 13.1. The third-order valence-electron chi connectivity index (χ3n) is 2.59. The summed E-state index contributed by atoms with van der Waals surface area (Å²) >= 11 is 1.87. The van der Waals surface area contributed by atoms with Gasteiger partial charge in [0.25, 0.3) is 0 Å². The Balaban J connectivity index is 2.74. The average molecular weight is 254 g/mol. The summed E-state index contributed by atoms with van der Waals surface area (Å²) in [6, 6.07) is 0. The minimum Gasteiger partial charge on any atom is -0.312 e. The number of hydrogen-bond acceptors (Lipinski definition) is 3. The van der Waals surface area contributed by atoms with Crippen LogP contribution in [0.2, 0.25) is 0 Å². The number of nitrogens with zero attached hydrogens (tertiary/aromatic N) is 1. The van der Waals surface area contributed by atoms with E-state index in [0.717, 1.165) is 19.5 Å². The minimum atomic E-state index is 0.172. The molecule has 0 amide bonds. The molecule has 0 saturated carbocycles. The van der Waals surface area contributed by atoms with E-state index in [1.54, 1.807) is 0 Å². The predicted molar refractivity (Wildman–Crippen MR) is 76.7 cm³/mol. The Morgan fingerprint density at radius 1 is 1.29 bits per heavy atom. The van der Waals surface area contributed by atoms with Gasteiger partial charge in [-0.2, -0.15) is 0 Å². The first kappa shape index (κ1) is 14.7. The molecule has 17 heavy (non-hydrogen) atoms. The number of thiazole rings is 1. The van der Waals surface area contributed by atoms with Gasteiger partial charge < -0.3 is 5.32 Å². The highest BCUT2D eigenvalue weighted by Gasteiger charge is 2.20. The van der Waals surface area contributed by atoms with Crippen molar-refractivity contribution in [3.8, 4) is 0 Å². The van der Waals surface area contributed by atoms with Crippen molar-refractivity contribution < 1.29 is 0 Å². The van der Waals surface area contributed by atoms with Crippen LogP contribution in [-0.2, 0) is 18.4 Å². The lowest BCUT2D eigenvalue weighted by atomic mass is 9.98. The first-order valence-corrected chi connectivity index (χ1v) is 7.36. The van der Waals surface area contributed by atoms with E-state index in [1.165, 1.54) is 15.6 Å². The molecule has 1 heterocycles. The van der Waals surface area contributed by atoms with E-state index >= 15 is 0 Å². The van der Waals surface area contributed by atoms with Crippen molar-refractivity contribution in [3.05, 3.63) is 15.6 Å². The Morgan fingerprint density at radius 3 is 2.41 bits per heavy atom. The Bertz CT molecular complexity index is 348. The Morgan fingerprint density at radius 2 is 1.94 bits per heavy atom. The van der Waals surface area contributed by atoms with E-state index in [4.69, 9.17) is 4.98 Å². The molecular formula is C14H26N2S. The third kappa shape index (κ3) is 4.40. The number of aromatic nitrogens is 1. The van der Waals surface area contributed by atoms with Gasteiger partial charge in [-0.3, -0.25) is 0 Å². The predicted octanol–water partition coefficient (Wildman–Crippen LogP) is 3.75. The SMILES string of the molecule is CCc1nc(C(C)(C)C)sc1CNCC(C)C. The Labute approximate surface area is 110 Å². The van der Waals surface area contributed by atoms with Crippen molar-refractivity contribution in [1.29, 1.82) is 0 Å². The number of aryl methyl sites for hydroxylation is 1. The molecule has 0 spiro atoms. The Kier molecular flexibility index (Phi) is 5.14. The van der Waals surface area contributed by atoms with E-state index in [1.807, 2.05) is 11.3 Å². The van der Waals surface area contributed by atoms with Crippen molar-refractivity contribution in [2.75, 3.05) is 6.54 Å². The summed E-state index contributed by atoms with van der Waals surface area (Å²) in [6.45, 7) is 15.4. The van der Waals surface area contributed by atoms with Gasteiger partial charge in [0.05, 0.1) is 10.7 Å². The van der Waals surface area contributed by atoms with E-state index < -0.39 is 0 Å². The van der Waals surface area contributed by atoms with Crippen molar-refractivity contribution in [1.82, 2.24) is 10.3 Å². The molecule has 0 aliphatic carbocycles. The second-order valence-electron chi connectivity index (χ2n) is 6.02. The van der Waals surface area contributed by atoms with E-state index in [2.05, 4.69) is 46.9 Å². The summed E-state index contributed by atoms with van der Waals surface area (Å²) in [5, 5.41) is 4.77. The summed E-state index contributed by atoms with van der Waals surface area (Å²) in [7, 11) is 0. The molecule has 1 aromatic rings. The molecule has 2 nitrogen and oxygen atoms in total. The maximum atomic E-state index is 4.78. The van der Waals surface area contributed by atoms with Crippen molar-refractivity contribution in [3.63, 3.8) is 0 Å². The largest absolute Gasteiger partial charge is 0.312 e. The highest BCUT2D eigenvalue weighted by Crippen LogP contribution is 2.29. The fourth-order valence-corrected chi connectivity index (χ4v) is 2.77. The molecule has 0 fully saturated rings. The summed E-state index contributed by atoms with van der Waals surface area (Å²) < 4.78 is 0. The van der Waals surface area contributed by atoms with Crippen molar-refractivity contribution >= 4 is 11.3 Å². The number of hydrogen-bond donors (Lipinski definition) is 1.